The van der Waals surface area contributed by atoms with Gasteiger partial charge in [-0.2, -0.15) is 11.8 Å². The van der Waals surface area contributed by atoms with Gasteiger partial charge >= 0.3 is 0 Å². The zero-order valence-electron chi connectivity index (χ0n) is 11.9. The maximum Gasteiger partial charge on any atom is 0.129 e. The number of ether oxygens (including phenoxy) is 2. The van der Waals surface area contributed by atoms with Crippen LogP contribution in [-0.2, 0) is 4.74 Å². The minimum Gasteiger partial charge on any atom is -0.490 e. The molecular weight excluding hydrogens is 275 g/mol. The minimum atomic E-state index is -0.196. The Bertz CT molecular complexity index is 466. The highest BCUT2D eigenvalue weighted by Gasteiger charge is 2.39. The van der Waals surface area contributed by atoms with Crippen LogP contribution in [0, 0.1) is 12.7 Å². The molecule has 4 heteroatoms. The van der Waals surface area contributed by atoms with E-state index in [0.29, 0.717) is 11.3 Å². The van der Waals surface area contributed by atoms with Crippen LogP contribution < -0.4 is 4.74 Å². The number of thioether (sulfide) groups is 1. The third-order valence-corrected chi connectivity index (χ3v) is 5.28. The van der Waals surface area contributed by atoms with E-state index in [9.17, 15) is 4.39 Å². The summed E-state index contributed by atoms with van der Waals surface area (Å²) in [5, 5.41) is 0. The predicted molar refractivity (Wildman–Crippen MR) is 80.0 cm³/mol. The van der Waals surface area contributed by atoms with E-state index >= 15 is 0 Å². The largest absolute Gasteiger partial charge is 0.490 e. The summed E-state index contributed by atoms with van der Waals surface area (Å²) in [6.45, 7) is 2.52. The first kappa shape index (κ1) is 14.2. The van der Waals surface area contributed by atoms with Gasteiger partial charge < -0.3 is 9.47 Å². The van der Waals surface area contributed by atoms with Crippen molar-refractivity contribution in [1.29, 1.82) is 0 Å². The summed E-state index contributed by atoms with van der Waals surface area (Å²) in [5.41, 5.74) is 0.669. The summed E-state index contributed by atoms with van der Waals surface area (Å²) in [5.74, 6) is 2.79. The summed E-state index contributed by atoms with van der Waals surface area (Å²) >= 11 is 2.00. The van der Waals surface area contributed by atoms with Crippen LogP contribution in [0.1, 0.15) is 31.2 Å². The van der Waals surface area contributed by atoms with Gasteiger partial charge in [-0.05, 0) is 42.9 Å². The van der Waals surface area contributed by atoms with E-state index in [-0.39, 0.29) is 17.5 Å². The third kappa shape index (κ3) is 3.12. The summed E-state index contributed by atoms with van der Waals surface area (Å²) in [6.07, 6.45) is 4.20. The summed E-state index contributed by atoms with van der Waals surface area (Å²) < 4.78 is 25.6. The Morgan fingerprint density at radius 2 is 2.15 bits per heavy atom. The second kappa shape index (κ2) is 5.94. The fourth-order valence-corrected chi connectivity index (χ4v) is 4.25. The molecule has 0 aliphatic carbocycles. The lowest BCUT2D eigenvalue weighted by Gasteiger charge is -2.43. The lowest BCUT2D eigenvalue weighted by atomic mass is 9.86. The predicted octanol–water partition coefficient (Wildman–Crippen LogP) is 3.96. The van der Waals surface area contributed by atoms with E-state index in [1.165, 1.54) is 17.6 Å². The van der Waals surface area contributed by atoms with Crippen molar-refractivity contribution >= 4 is 11.8 Å². The van der Waals surface area contributed by atoms with Gasteiger partial charge in [0.2, 0.25) is 0 Å². The Labute approximate surface area is 124 Å². The van der Waals surface area contributed by atoms with Crippen LogP contribution in [0.2, 0.25) is 0 Å². The highest BCUT2D eigenvalue weighted by molar-refractivity contribution is 7.99. The minimum absolute atomic E-state index is 0.0113. The van der Waals surface area contributed by atoms with Crippen molar-refractivity contribution in [1.82, 2.24) is 0 Å². The number of halogens is 1. The first-order chi connectivity index (χ1) is 9.67. The maximum absolute atomic E-state index is 13.6. The lowest BCUT2D eigenvalue weighted by Crippen LogP contribution is -2.46. The third-order valence-electron chi connectivity index (χ3n) is 4.30. The lowest BCUT2D eigenvalue weighted by molar-refractivity contribution is -0.116. The monoisotopic (exact) mass is 296 g/mol. The maximum atomic E-state index is 13.6. The molecule has 2 fully saturated rings. The first-order valence-corrected chi connectivity index (χ1v) is 8.47. The molecule has 2 nitrogen and oxygen atoms in total. The average molecular weight is 296 g/mol. The summed E-state index contributed by atoms with van der Waals surface area (Å²) in [4.78, 5) is 0. The summed E-state index contributed by atoms with van der Waals surface area (Å²) in [7, 11) is 0. The van der Waals surface area contributed by atoms with Crippen molar-refractivity contribution in [2.24, 2.45) is 0 Å². The Hall–Kier alpha value is -0.740. The highest BCUT2D eigenvalue weighted by Crippen LogP contribution is 2.38. The zero-order valence-corrected chi connectivity index (χ0v) is 12.7. The smallest absolute Gasteiger partial charge is 0.129 e. The molecule has 2 heterocycles. The molecule has 0 saturated carbocycles. The van der Waals surface area contributed by atoms with E-state index in [4.69, 9.17) is 9.47 Å². The van der Waals surface area contributed by atoms with Crippen molar-refractivity contribution in [2.45, 2.75) is 44.3 Å². The second-order valence-corrected chi connectivity index (χ2v) is 7.01. The Kier molecular flexibility index (Phi) is 4.22. The van der Waals surface area contributed by atoms with E-state index < -0.39 is 0 Å². The van der Waals surface area contributed by atoms with Crippen molar-refractivity contribution in [3.63, 3.8) is 0 Å². The number of hydrogen-bond donors (Lipinski definition) is 0. The van der Waals surface area contributed by atoms with Gasteiger partial charge in [-0.3, -0.25) is 0 Å². The Balaban J connectivity index is 1.66. The fourth-order valence-electron chi connectivity index (χ4n) is 3.01. The first-order valence-electron chi connectivity index (χ1n) is 7.31. The topological polar surface area (TPSA) is 18.5 Å². The molecule has 2 aliphatic rings. The Morgan fingerprint density at radius 1 is 1.35 bits per heavy atom. The van der Waals surface area contributed by atoms with Gasteiger partial charge in [-0.25, -0.2) is 4.39 Å². The molecule has 0 aromatic heterocycles. The van der Waals surface area contributed by atoms with Crippen molar-refractivity contribution < 1.29 is 13.9 Å². The molecule has 110 valence electrons. The molecule has 0 amide bonds. The van der Waals surface area contributed by atoms with E-state index in [1.54, 1.807) is 13.0 Å². The molecule has 1 unspecified atom stereocenters. The van der Waals surface area contributed by atoms with Gasteiger partial charge in [-0.15, -0.1) is 0 Å². The van der Waals surface area contributed by atoms with Crippen LogP contribution in [0.4, 0.5) is 4.39 Å². The van der Waals surface area contributed by atoms with Gasteiger partial charge in [-0.1, -0.05) is 6.07 Å². The summed E-state index contributed by atoms with van der Waals surface area (Å²) in [6, 6.07) is 5.13. The number of rotatable bonds is 2. The van der Waals surface area contributed by atoms with Gasteiger partial charge in [0.25, 0.3) is 0 Å². The molecule has 0 bridgehead atoms. The number of aryl methyl sites for hydroxylation is 1. The van der Waals surface area contributed by atoms with Gasteiger partial charge in [0.1, 0.15) is 17.7 Å². The Morgan fingerprint density at radius 3 is 2.90 bits per heavy atom. The van der Waals surface area contributed by atoms with E-state index in [2.05, 4.69) is 0 Å². The standard InChI is InChI=1S/C16H21FO2S/c1-12-2-3-13(10-15(12)17)19-14-4-7-18-16(11-14)5-8-20-9-6-16/h2-3,10,14H,4-9,11H2,1H3. The second-order valence-electron chi connectivity index (χ2n) is 5.79. The molecule has 1 spiro atoms. The van der Waals surface area contributed by atoms with Crippen LogP contribution in [-0.4, -0.2) is 29.8 Å². The molecule has 0 N–H and O–H groups in total. The number of hydrogen-bond acceptors (Lipinski definition) is 3. The van der Waals surface area contributed by atoms with E-state index in [1.807, 2.05) is 17.8 Å². The van der Waals surface area contributed by atoms with Gasteiger partial charge in [0.05, 0.1) is 12.2 Å². The molecule has 1 atom stereocenters. The van der Waals surface area contributed by atoms with Gasteiger partial charge in [0, 0.05) is 18.9 Å². The quantitative estimate of drug-likeness (QED) is 0.823. The normalized spacial score (nSPS) is 25.6. The van der Waals surface area contributed by atoms with Crippen LogP contribution in [0.3, 0.4) is 0 Å². The van der Waals surface area contributed by atoms with Gasteiger partial charge in [0.15, 0.2) is 0 Å². The van der Waals surface area contributed by atoms with Crippen LogP contribution in [0.15, 0.2) is 18.2 Å². The fraction of sp³-hybridized carbons (Fsp3) is 0.625. The molecule has 20 heavy (non-hydrogen) atoms. The highest BCUT2D eigenvalue weighted by atomic mass is 32.2. The van der Waals surface area contributed by atoms with Crippen molar-refractivity contribution in [3.8, 4) is 5.75 Å². The number of benzene rings is 1. The van der Waals surface area contributed by atoms with Crippen LogP contribution in [0.25, 0.3) is 0 Å². The zero-order chi connectivity index (χ0) is 14.0. The molecule has 2 aliphatic heterocycles. The molecule has 3 rings (SSSR count). The van der Waals surface area contributed by atoms with Crippen molar-refractivity contribution in [3.05, 3.63) is 29.6 Å². The molecule has 1 aromatic carbocycles. The molecule has 1 aromatic rings. The van der Waals surface area contributed by atoms with E-state index in [0.717, 1.165) is 32.3 Å². The van der Waals surface area contributed by atoms with Crippen LogP contribution in [0.5, 0.6) is 5.75 Å². The molecule has 2 saturated heterocycles. The molecular formula is C16H21FO2S. The van der Waals surface area contributed by atoms with Crippen LogP contribution >= 0.6 is 11.8 Å². The van der Waals surface area contributed by atoms with Crippen molar-refractivity contribution in [2.75, 3.05) is 18.1 Å². The SMILES string of the molecule is Cc1ccc(OC2CCOC3(CCSCC3)C2)cc1F. The average Bonchev–Trinajstić information content (AvgIpc) is 2.44. The molecule has 0 radical (unpaired) electrons.